The fraction of sp³-hybridized carbons (Fsp3) is 1.00. The van der Waals surface area contributed by atoms with Gasteiger partial charge in [-0.25, -0.2) is 0 Å². The van der Waals surface area contributed by atoms with Crippen molar-refractivity contribution in [3.05, 3.63) is 0 Å². The lowest BCUT2D eigenvalue weighted by atomic mass is 9.95. The van der Waals surface area contributed by atoms with Gasteiger partial charge in [-0.05, 0) is 76.4 Å². The molecule has 1 heterocycles. The highest BCUT2D eigenvalue weighted by atomic mass is 31.2. The van der Waals surface area contributed by atoms with Gasteiger partial charge in [-0.3, -0.25) is 4.57 Å². The van der Waals surface area contributed by atoms with Gasteiger partial charge in [0.15, 0.2) is 0 Å². The minimum absolute atomic E-state index is 0.515. The fourth-order valence-corrected chi connectivity index (χ4v) is 8.60. The van der Waals surface area contributed by atoms with E-state index in [-0.39, 0.29) is 0 Å². The molecule has 5 heteroatoms. The van der Waals surface area contributed by atoms with Crippen molar-refractivity contribution in [2.24, 2.45) is 11.8 Å². The molecule has 0 aromatic carbocycles. The highest BCUT2D eigenvalue weighted by Gasteiger charge is 2.28. The summed E-state index contributed by atoms with van der Waals surface area (Å²) in [4.78, 5) is 2.54. The van der Waals surface area contributed by atoms with E-state index in [9.17, 15) is 4.57 Å². The van der Waals surface area contributed by atoms with Crippen LogP contribution in [0.1, 0.15) is 201 Å². The number of likely N-dealkylation sites (tertiary alicyclic amines) is 1. The van der Waals surface area contributed by atoms with E-state index >= 15 is 0 Å². The monoisotopic (exact) mass is 642 g/mol. The van der Waals surface area contributed by atoms with Crippen LogP contribution in [0.15, 0.2) is 0 Å². The standard InChI is InChI=1S/C39H80NO3P/c1-5-9-13-17-19-23-30-38(28-21-15-11-7-3)36-42-44(41,35-27-34-40-32-25-26-33-40)43-37-39(29-22-16-12-8-4)31-24-20-18-14-10-6-2/h38-39H,5-37H2,1-4H3. The molecule has 0 spiro atoms. The topological polar surface area (TPSA) is 38.8 Å². The second-order valence-electron chi connectivity index (χ2n) is 14.4. The summed E-state index contributed by atoms with van der Waals surface area (Å²) < 4.78 is 27.4. The van der Waals surface area contributed by atoms with Crippen molar-refractivity contribution in [3.8, 4) is 0 Å². The molecule has 1 saturated heterocycles. The normalized spacial score (nSPS) is 16.8. The number of hydrogen-bond acceptors (Lipinski definition) is 4. The molecule has 0 aromatic heterocycles. The Morgan fingerprint density at radius 2 is 0.841 bits per heavy atom. The predicted molar refractivity (Wildman–Crippen MR) is 195 cm³/mol. The van der Waals surface area contributed by atoms with Crippen LogP contribution >= 0.6 is 7.60 Å². The molecule has 1 aliphatic rings. The first-order valence-corrected chi connectivity index (χ1v) is 21.9. The van der Waals surface area contributed by atoms with E-state index in [0.717, 1.165) is 13.0 Å². The van der Waals surface area contributed by atoms with Gasteiger partial charge in [0.25, 0.3) is 0 Å². The Morgan fingerprint density at radius 3 is 1.23 bits per heavy atom. The number of unbranched alkanes of at least 4 members (excludes halogenated alkanes) is 16. The molecule has 1 fully saturated rings. The molecule has 44 heavy (non-hydrogen) atoms. The largest absolute Gasteiger partial charge is 0.330 e. The molecule has 0 amide bonds. The summed E-state index contributed by atoms with van der Waals surface area (Å²) in [6.45, 7) is 13.8. The van der Waals surface area contributed by atoms with Crippen LogP contribution in [0.25, 0.3) is 0 Å². The van der Waals surface area contributed by atoms with Crippen molar-refractivity contribution < 1.29 is 13.6 Å². The fourth-order valence-electron chi connectivity index (χ4n) is 6.87. The minimum Gasteiger partial charge on any atom is -0.308 e. The van der Waals surface area contributed by atoms with Gasteiger partial charge < -0.3 is 13.9 Å². The Kier molecular flexibility index (Phi) is 29.2. The van der Waals surface area contributed by atoms with Crippen LogP contribution in [0.3, 0.4) is 0 Å². The van der Waals surface area contributed by atoms with E-state index in [4.69, 9.17) is 9.05 Å². The zero-order valence-corrected chi connectivity index (χ0v) is 31.5. The highest BCUT2D eigenvalue weighted by Crippen LogP contribution is 2.50. The average Bonchev–Trinajstić information content (AvgIpc) is 3.55. The third-order valence-corrected chi connectivity index (χ3v) is 11.9. The van der Waals surface area contributed by atoms with Crippen molar-refractivity contribution in [2.75, 3.05) is 39.0 Å². The summed E-state index contributed by atoms with van der Waals surface area (Å²) >= 11 is 0. The van der Waals surface area contributed by atoms with Crippen molar-refractivity contribution in [1.82, 2.24) is 4.90 Å². The maximum absolute atomic E-state index is 14.4. The molecule has 0 bridgehead atoms. The summed E-state index contributed by atoms with van der Waals surface area (Å²) in [5.74, 6) is 1.03. The zero-order valence-electron chi connectivity index (χ0n) is 30.6. The molecular weight excluding hydrogens is 561 g/mol. The Bertz CT molecular complexity index is 599. The molecule has 2 unspecified atom stereocenters. The minimum atomic E-state index is -3.11. The highest BCUT2D eigenvalue weighted by molar-refractivity contribution is 7.53. The quantitative estimate of drug-likeness (QED) is 0.0518. The van der Waals surface area contributed by atoms with Gasteiger partial charge in [-0.2, -0.15) is 0 Å². The Hall–Kier alpha value is 0.110. The van der Waals surface area contributed by atoms with Crippen LogP contribution in [0, 0.1) is 11.8 Å². The first-order chi connectivity index (χ1) is 21.6. The average molecular weight is 642 g/mol. The first kappa shape index (κ1) is 42.1. The van der Waals surface area contributed by atoms with Crippen LogP contribution in [0.4, 0.5) is 0 Å². The van der Waals surface area contributed by atoms with Gasteiger partial charge in [0, 0.05) is 0 Å². The maximum Gasteiger partial charge on any atom is 0.330 e. The predicted octanol–water partition coefficient (Wildman–Crippen LogP) is 13.4. The molecule has 0 radical (unpaired) electrons. The lowest BCUT2D eigenvalue weighted by Crippen LogP contribution is -2.22. The molecule has 264 valence electrons. The van der Waals surface area contributed by atoms with Gasteiger partial charge >= 0.3 is 7.60 Å². The summed E-state index contributed by atoms with van der Waals surface area (Å²) in [5, 5.41) is 0. The van der Waals surface area contributed by atoms with E-state index in [1.54, 1.807) is 0 Å². The van der Waals surface area contributed by atoms with Gasteiger partial charge in [-0.1, -0.05) is 156 Å². The summed E-state index contributed by atoms with van der Waals surface area (Å²) in [7, 11) is -3.11. The summed E-state index contributed by atoms with van der Waals surface area (Å²) in [6.07, 6.45) is 35.3. The SMILES string of the molecule is CCCCCCCCC(CCCCCC)COP(=O)(CCCN1CCCC1)OCC(CCCCCC)CCCCCCCC. The zero-order chi connectivity index (χ0) is 32.0. The first-order valence-electron chi connectivity index (χ1n) is 20.2. The molecular formula is C39H80NO3P. The third-order valence-electron chi connectivity index (χ3n) is 9.98. The van der Waals surface area contributed by atoms with Crippen molar-refractivity contribution in [2.45, 2.75) is 201 Å². The lowest BCUT2D eigenvalue weighted by molar-refractivity contribution is 0.145. The van der Waals surface area contributed by atoms with Crippen LogP contribution in [0.5, 0.6) is 0 Å². The molecule has 0 saturated carbocycles. The van der Waals surface area contributed by atoms with Gasteiger partial charge in [0.2, 0.25) is 0 Å². The lowest BCUT2D eigenvalue weighted by Gasteiger charge is -2.26. The van der Waals surface area contributed by atoms with Gasteiger partial charge in [0.1, 0.15) is 0 Å². The second-order valence-corrected chi connectivity index (χ2v) is 16.6. The smallest absolute Gasteiger partial charge is 0.308 e. The van der Waals surface area contributed by atoms with E-state index in [1.807, 2.05) is 0 Å². The summed E-state index contributed by atoms with van der Waals surface area (Å²) in [5.41, 5.74) is 0. The van der Waals surface area contributed by atoms with Crippen molar-refractivity contribution >= 4 is 7.60 Å². The van der Waals surface area contributed by atoms with Crippen molar-refractivity contribution in [3.63, 3.8) is 0 Å². The van der Waals surface area contributed by atoms with E-state index < -0.39 is 7.60 Å². The Morgan fingerprint density at radius 1 is 0.500 bits per heavy atom. The van der Waals surface area contributed by atoms with E-state index in [2.05, 4.69) is 32.6 Å². The molecule has 1 aliphatic heterocycles. The summed E-state index contributed by atoms with van der Waals surface area (Å²) in [6, 6.07) is 0. The number of hydrogen-bond donors (Lipinski definition) is 0. The van der Waals surface area contributed by atoms with E-state index in [0.29, 0.717) is 31.2 Å². The van der Waals surface area contributed by atoms with Crippen molar-refractivity contribution in [1.29, 1.82) is 0 Å². The van der Waals surface area contributed by atoms with Crippen LogP contribution in [0.2, 0.25) is 0 Å². The third kappa shape index (κ3) is 24.3. The molecule has 1 rings (SSSR count). The van der Waals surface area contributed by atoms with Gasteiger partial charge in [0.05, 0.1) is 19.4 Å². The Balaban J connectivity index is 2.77. The van der Waals surface area contributed by atoms with Gasteiger partial charge in [-0.15, -0.1) is 0 Å². The van der Waals surface area contributed by atoms with Crippen LogP contribution < -0.4 is 0 Å². The van der Waals surface area contributed by atoms with Crippen LogP contribution in [-0.4, -0.2) is 43.9 Å². The molecule has 4 nitrogen and oxygen atoms in total. The molecule has 0 N–H and O–H groups in total. The maximum atomic E-state index is 14.4. The van der Waals surface area contributed by atoms with Crippen LogP contribution in [-0.2, 0) is 13.6 Å². The Labute approximate surface area is 277 Å². The molecule has 0 aromatic rings. The number of nitrogens with zero attached hydrogens (tertiary/aromatic N) is 1. The molecule has 0 aliphatic carbocycles. The van der Waals surface area contributed by atoms with E-state index in [1.165, 1.54) is 180 Å². The molecule has 2 atom stereocenters. The second kappa shape index (κ2) is 30.4. The number of rotatable bonds is 34.